The van der Waals surface area contributed by atoms with Gasteiger partial charge in [-0.2, -0.15) is 0 Å². The van der Waals surface area contributed by atoms with E-state index in [0.717, 1.165) is 35.1 Å². The van der Waals surface area contributed by atoms with Crippen molar-refractivity contribution in [1.29, 1.82) is 0 Å². The van der Waals surface area contributed by atoms with Gasteiger partial charge in [0.2, 0.25) is 5.91 Å². The van der Waals surface area contributed by atoms with Crippen molar-refractivity contribution >= 4 is 16.9 Å². The van der Waals surface area contributed by atoms with Gasteiger partial charge in [0.15, 0.2) is 0 Å². The number of carbonyl (C=O) groups excluding carboxylic acids is 1. The highest BCUT2D eigenvalue weighted by Gasteiger charge is 2.17. The SMILES string of the molecule is CCc1ccc2c(CC(=O)N[C@H](CN(C)C)c3ccccc3)coc2c1. The smallest absolute Gasteiger partial charge is 0.225 e. The molecule has 2 aromatic carbocycles. The van der Waals surface area contributed by atoms with E-state index in [-0.39, 0.29) is 11.9 Å². The number of rotatable bonds is 7. The van der Waals surface area contributed by atoms with Crippen LogP contribution in [0.25, 0.3) is 11.0 Å². The van der Waals surface area contributed by atoms with Gasteiger partial charge in [0.1, 0.15) is 5.58 Å². The van der Waals surface area contributed by atoms with E-state index in [1.165, 1.54) is 5.56 Å². The third-order valence-electron chi connectivity index (χ3n) is 4.56. The number of amides is 1. The number of benzene rings is 2. The maximum atomic E-state index is 12.7. The minimum atomic E-state index is -0.0384. The summed E-state index contributed by atoms with van der Waals surface area (Å²) >= 11 is 0. The molecule has 0 radical (unpaired) electrons. The molecule has 0 saturated heterocycles. The lowest BCUT2D eigenvalue weighted by Crippen LogP contribution is -2.36. The molecule has 0 bridgehead atoms. The van der Waals surface area contributed by atoms with E-state index in [2.05, 4.69) is 35.3 Å². The highest BCUT2D eigenvalue weighted by Crippen LogP contribution is 2.23. The lowest BCUT2D eigenvalue weighted by atomic mass is 10.0. The maximum absolute atomic E-state index is 12.7. The summed E-state index contributed by atoms with van der Waals surface area (Å²) in [5.74, 6) is 0.00275. The number of carbonyl (C=O) groups is 1. The van der Waals surface area contributed by atoms with Gasteiger partial charge in [0.25, 0.3) is 0 Å². The average Bonchev–Trinajstić information content (AvgIpc) is 3.03. The molecule has 0 spiro atoms. The van der Waals surface area contributed by atoms with Gasteiger partial charge in [0.05, 0.1) is 18.7 Å². The molecule has 1 N–H and O–H groups in total. The van der Waals surface area contributed by atoms with Gasteiger partial charge in [-0.3, -0.25) is 4.79 Å². The van der Waals surface area contributed by atoms with Gasteiger partial charge in [-0.15, -0.1) is 0 Å². The largest absolute Gasteiger partial charge is 0.464 e. The predicted octanol–water partition coefficient (Wildman–Crippen LogP) is 3.96. The van der Waals surface area contributed by atoms with Crippen molar-refractivity contribution in [2.24, 2.45) is 0 Å². The lowest BCUT2D eigenvalue weighted by molar-refractivity contribution is -0.121. The summed E-state index contributed by atoms with van der Waals surface area (Å²) in [5.41, 5.74) is 4.12. The van der Waals surface area contributed by atoms with E-state index >= 15 is 0 Å². The molecule has 0 saturated carbocycles. The Morgan fingerprint density at radius 3 is 2.62 bits per heavy atom. The van der Waals surface area contributed by atoms with E-state index in [4.69, 9.17) is 4.42 Å². The predicted molar refractivity (Wildman–Crippen MR) is 105 cm³/mol. The first-order valence-electron chi connectivity index (χ1n) is 9.05. The summed E-state index contributed by atoms with van der Waals surface area (Å²) in [6, 6.07) is 16.2. The molecule has 3 aromatic rings. The first-order chi connectivity index (χ1) is 12.6. The fourth-order valence-electron chi connectivity index (χ4n) is 3.19. The van der Waals surface area contributed by atoms with Gasteiger partial charge >= 0.3 is 0 Å². The Morgan fingerprint density at radius 2 is 1.92 bits per heavy atom. The molecular formula is C22H26N2O2. The van der Waals surface area contributed by atoms with Crippen molar-refractivity contribution in [1.82, 2.24) is 10.2 Å². The Morgan fingerprint density at radius 1 is 1.15 bits per heavy atom. The molecule has 136 valence electrons. The van der Waals surface area contributed by atoms with Crippen molar-refractivity contribution in [2.75, 3.05) is 20.6 Å². The van der Waals surface area contributed by atoms with Crippen LogP contribution < -0.4 is 5.32 Å². The topological polar surface area (TPSA) is 45.5 Å². The fraction of sp³-hybridized carbons (Fsp3) is 0.318. The number of hydrogen-bond donors (Lipinski definition) is 1. The summed E-state index contributed by atoms with van der Waals surface area (Å²) in [6.07, 6.45) is 2.98. The highest BCUT2D eigenvalue weighted by molar-refractivity contribution is 5.88. The standard InChI is InChI=1S/C22H26N2O2/c1-4-16-10-11-19-18(15-26-21(19)12-16)13-22(25)23-20(14-24(2)3)17-8-6-5-7-9-17/h5-12,15,20H,4,13-14H2,1-3H3,(H,23,25)/t20-/m1/s1. The number of nitrogens with zero attached hydrogens (tertiary/aromatic N) is 1. The second kappa shape index (κ2) is 8.19. The summed E-state index contributed by atoms with van der Waals surface area (Å²) in [4.78, 5) is 14.8. The molecule has 4 nitrogen and oxygen atoms in total. The van der Waals surface area contributed by atoms with E-state index in [9.17, 15) is 4.79 Å². The minimum absolute atomic E-state index is 0.00275. The molecule has 0 unspecified atom stereocenters. The Balaban J connectivity index is 1.74. The van der Waals surface area contributed by atoms with Crippen LogP contribution in [0.1, 0.15) is 29.7 Å². The van der Waals surface area contributed by atoms with Gasteiger partial charge < -0.3 is 14.6 Å². The quantitative estimate of drug-likeness (QED) is 0.702. The third-order valence-corrected chi connectivity index (χ3v) is 4.56. The second-order valence-corrected chi connectivity index (χ2v) is 6.91. The van der Waals surface area contributed by atoms with Crippen LogP contribution in [0.15, 0.2) is 59.2 Å². The summed E-state index contributed by atoms with van der Waals surface area (Å²) in [6.45, 7) is 2.87. The summed E-state index contributed by atoms with van der Waals surface area (Å²) in [7, 11) is 4.02. The van der Waals surface area contributed by atoms with Crippen LogP contribution in [0.5, 0.6) is 0 Å². The lowest BCUT2D eigenvalue weighted by Gasteiger charge is -2.22. The van der Waals surface area contributed by atoms with Gasteiger partial charge in [-0.1, -0.05) is 49.4 Å². The molecule has 1 heterocycles. The fourth-order valence-corrected chi connectivity index (χ4v) is 3.19. The van der Waals surface area contributed by atoms with E-state index < -0.39 is 0 Å². The van der Waals surface area contributed by atoms with E-state index in [1.54, 1.807) is 6.26 Å². The molecule has 3 rings (SSSR count). The van der Waals surface area contributed by atoms with Crippen molar-refractivity contribution in [3.8, 4) is 0 Å². The maximum Gasteiger partial charge on any atom is 0.225 e. The van der Waals surface area contributed by atoms with E-state index in [1.807, 2.05) is 44.4 Å². The Kier molecular flexibility index (Phi) is 5.74. The number of fused-ring (bicyclic) bond motifs is 1. The number of nitrogens with one attached hydrogen (secondary N) is 1. The second-order valence-electron chi connectivity index (χ2n) is 6.91. The first-order valence-corrected chi connectivity index (χ1v) is 9.05. The summed E-state index contributed by atoms with van der Waals surface area (Å²) < 4.78 is 5.66. The first kappa shape index (κ1) is 18.2. The third kappa shape index (κ3) is 4.33. The molecule has 0 fully saturated rings. The van der Waals surface area contributed by atoms with Crippen LogP contribution in [0.4, 0.5) is 0 Å². The molecule has 4 heteroatoms. The molecule has 0 aliphatic heterocycles. The van der Waals surface area contributed by atoms with Gasteiger partial charge in [0, 0.05) is 17.5 Å². The molecule has 26 heavy (non-hydrogen) atoms. The number of furan rings is 1. The Bertz CT molecular complexity index is 868. The monoisotopic (exact) mass is 350 g/mol. The van der Waals surface area contributed by atoms with Crippen molar-refractivity contribution in [3.05, 3.63) is 71.5 Å². The van der Waals surface area contributed by atoms with Gasteiger partial charge in [-0.05, 0) is 37.7 Å². The molecule has 1 aromatic heterocycles. The summed E-state index contributed by atoms with van der Waals surface area (Å²) in [5, 5.41) is 4.18. The molecule has 0 aliphatic carbocycles. The van der Waals surface area contributed by atoms with E-state index in [0.29, 0.717) is 6.42 Å². The number of likely N-dealkylation sites (N-methyl/N-ethyl adjacent to an activating group) is 1. The van der Waals surface area contributed by atoms with Crippen LogP contribution >= 0.6 is 0 Å². The Labute approximate surface area is 154 Å². The van der Waals surface area contributed by atoms with Crippen molar-refractivity contribution in [2.45, 2.75) is 25.8 Å². The van der Waals surface area contributed by atoms with Crippen LogP contribution in [0.2, 0.25) is 0 Å². The zero-order valence-electron chi connectivity index (χ0n) is 15.7. The average molecular weight is 350 g/mol. The number of aryl methyl sites for hydroxylation is 1. The molecule has 1 atom stereocenters. The Hall–Kier alpha value is -2.59. The van der Waals surface area contributed by atoms with Crippen LogP contribution in [0.3, 0.4) is 0 Å². The van der Waals surface area contributed by atoms with Crippen LogP contribution in [-0.2, 0) is 17.6 Å². The molecule has 1 amide bonds. The normalized spacial score (nSPS) is 12.5. The zero-order valence-corrected chi connectivity index (χ0v) is 15.7. The minimum Gasteiger partial charge on any atom is -0.464 e. The van der Waals surface area contributed by atoms with Crippen LogP contribution in [-0.4, -0.2) is 31.4 Å². The van der Waals surface area contributed by atoms with Crippen molar-refractivity contribution < 1.29 is 9.21 Å². The van der Waals surface area contributed by atoms with Gasteiger partial charge in [-0.25, -0.2) is 0 Å². The highest BCUT2D eigenvalue weighted by atomic mass is 16.3. The molecular weight excluding hydrogens is 324 g/mol. The van der Waals surface area contributed by atoms with Crippen LogP contribution in [0, 0.1) is 0 Å². The molecule has 0 aliphatic rings. The van der Waals surface area contributed by atoms with Crippen molar-refractivity contribution in [3.63, 3.8) is 0 Å². The number of hydrogen-bond acceptors (Lipinski definition) is 3. The zero-order chi connectivity index (χ0) is 18.5.